The Labute approximate surface area is 131 Å². The van der Waals surface area contributed by atoms with E-state index < -0.39 is 0 Å². The summed E-state index contributed by atoms with van der Waals surface area (Å²) in [6.07, 6.45) is 2.49. The molecule has 1 aliphatic heterocycles. The highest BCUT2D eigenvalue weighted by molar-refractivity contribution is 9.10. The lowest BCUT2D eigenvalue weighted by molar-refractivity contribution is 0.132. The van der Waals surface area contributed by atoms with Crippen molar-refractivity contribution in [1.82, 2.24) is 4.90 Å². The Bertz CT molecular complexity index is 425. The Morgan fingerprint density at radius 2 is 1.95 bits per heavy atom. The van der Waals surface area contributed by atoms with Gasteiger partial charge in [-0.2, -0.15) is 0 Å². The SMILES string of the molecule is Cc1cc(Br)ccc1OCCCN1C[C@H](C)C[C@H](C)C1. The molecule has 0 unspecified atom stereocenters. The Kier molecular flexibility index (Phi) is 5.91. The molecule has 1 saturated heterocycles. The van der Waals surface area contributed by atoms with Crippen molar-refractivity contribution >= 4 is 15.9 Å². The van der Waals surface area contributed by atoms with Gasteiger partial charge in [-0.3, -0.25) is 0 Å². The van der Waals surface area contributed by atoms with Gasteiger partial charge in [0.25, 0.3) is 0 Å². The highest BCUT2D eigenvalue weighted by atomic mass is 79.9. The number of piperidine rings is 1. The first-order chi connectivity index (χ1) is 9.54. The van der Waals surface area contributed by atoms with Crippen LogP contribution >= 0.6 is 15.9 Å². The Morgan fingerprint density at radius 1 is 1.25 bits per heavy atom. The molecule has 1 heterocycles. The number of hydrogen-bond acceptors (Lipinski definition) is 2. The van der Waals surface area contributed by atoms with Gasteiger partial charge in [0.2, 0.25) is 0 Å². The number of hydrogen-bond donors (Lipinski definition) is 0. The van der Waals surface area contributed by atoms with Gasteiger partial charge in [0.1, 0.15) is 5.75 Å². The molecule has 0 bridgehead atoms. The molecule has 0 amide bonds. The predicted molar refractivity (Wildman–Crippen MR) is 88.4 cm³/mol. The Hall–Kier alpha value is -0.540. The minimum Gasteiger partial charge on any atom is -0.493 e. The number of nitrogens with zero attached hydrogens (tertiary/aromatic N) is 1. The zero-order valence-corrected chi connectivity index (χ0v) is 14.4. The van der Waals surface area contributed by atoms with Crippen LogP contribution in [0.25, 0.3) is 0 Å². The van der Waals surface area contributed by atoms with Crippen LogP contribution in [0.4, 0.5) is 0 Å². The lowest BCUT2D eigenvalue weighted by Gasteiger charge is -2.34. The van der Waals surface area contributed by atoms with E-state index in [1.54, 1.807) is 0 Å². The second-order valence-electron chi connectivity index (χ2n) is 6.32. The van der Waals surface area contributed by atoms with Crippen molar-refractivity contribution in [2.45, 2.75) is 33.6 Å². The summed E-state index contributed by atoms with van der Waals surface area (Å²) in [5.41, 5.74) is 1.19. The van der Waals surface area contributed by atoms with Crippen molar-refractivity contribution in [1.29, 1.82) is 0 Å². The average Bonchev–Trinajstić information content (AvgIpc) is 2.35. The number of aryl methyl sites for hydroxylation is 1. The van der Waals surface area contributed by atoms with Gasteiger partial charge in [-0.1, -0.05) is 29.8 Å². The first-order valence-corrected chi connectivity index (χ1v) is 8.45. The molecule has 0 radical (unpaired) electrons. The summed E-state index contributed by atoms with van der Waals surface area (Å²) >= 11 is 3.48. The third-order valence-corrected chi connectivity index (χ3v) is 4.45. The number of ether oxygens (including phenoxy) is 1. The van der Waals surface area contributed by atoms with Crippen LogP contribution in [-0.4, -0.2) is 31.1 Å². The summed E-state index contributed by atoms with van der Waals surface area (Å²) in [4.78, 5) is 2.59. The Balaban J connectivity index is 1.71. The van der Waals surface area contributed by atoms with Gasteiger partial charge in [0.15, 0.2) is 0 Å². The van der Waals surface area contributed by atoms with Crippen LogP contribution < -0.4 is 4.74 Å². The van der Waals surface area contributed by atoms with Gasteiger partial charge in [-0.15, -0.1) is 0 Å². The lowest BCUT2D eigenvalue weighted by atomic mass is 9.92. The van der Waals surface area contributed by atoms with Gasteiger partial charge in [0, 0.05) is 24.1 Å². The molecule has 20 heavy (non-hydrogen) atoms. The molecule has 0 aromatic heterocycles. The molecular formula is C17H26BrNO. The van der Waals surface area contributed by atoms with Crippen molar-refractivity contribution < 1.29 is 4.74 Å². The molecule has 2 nitrogen and oxygen atoms in total. The van der Waals surface area contributed by atoms with E-state index in [-0.39, 0.29) is 0 Å². The maximum Gasteiger partial charge on any atom is 0.122 e. The van der Waals surface area contributed by atoms with E-state index in [4.69, 9.17) is 4.74 Å². The van der Waals surface area contributed by atoms with E-state index in [0.717, 1.165) is 41.6 Å². The number of halogens is 1. The van der Waals surface area contributed by atoms with Crippen LogP contribution in [0.1, 0.15) is 32.3 Å². The normalized spacial score (nSPS) is 23.8. The smallest absolute Gasteiger partial charge is 0.122 e. The van der Waals surface area contributed by atoms with Gasteiger partial charge in [0.05, 0.1) is 6.61 Å². The van der Waals surface area contributed by atoms with Gasteiger partial charge < -0.3 is 9.64 Å². The van der Waals surface area contributed by atoms with E-state index >= 15 is 0 Å². The van der Waals surface area contributed by atoms with E-state index in [1.807, 2.05) is 12.1 Å². The minimum absolute atomic E-state index is 0.807. The summed E-state index contributed by atoms with van der Waals surface area (Å²) in [5.74, 6) is 2.69. The fourth-order valence-corrected chi connectivity index (χ4v) is 3.70. The summed E-state index contributed by atoms with van der Waals surface area (Å²) in [6.45, 7) is 11.3. The highest BCUT2D eigenvalue weighted by Gasteiger charge is 2.20. The largest absolute Gasteiger partial charge is 0.493 e. The van der Waals surface area contributed by atoms with Crippen LogP contribution in [0.3, 0.4) is 0 Å². The fourth-order valence-electron chi connectivity index (χ4n) is 3.22. The quantitative estimate of drug-likeness (QED) is 0.732. The van der Waals surface area contributed by atoms with Gasteiger partial charge >= 0.3 is 0 Å². The number of benzene rings is 1. The minimum atomic E-state index is 0.807. The van der Waals surface area contributed by atoms with E-state index in [9.17, 15) is 0 Å². The molecule has 0 N–H and O–H groups in total. The molecular weight excluding hydrogens is 314 g/mol. The summed E-state index contributed by atoms with van der Waals surface area (Å²) in [5, 5.41) is 0. The van der Waals surface area contributed by atoms with Crippen LogP contribution in [0, 0.1) is 18.8 Å². The first-order valence-electron chi connectivity index (χ1n) is 7.66. The zero-order valence-electron chi connectivity index (χ0n) is 12.9. The zero-order chi connectivity index (χ0) is 14.5. The molecule has 2 atom stereocenters. The van der Waals surface area contributed by atoms with Crippen LogP contribution in [0.5, 0.6) is 5.75 Å². The first kappa shape index (κ1) is 15.8. The topological polar surface area (TPSA) is 12.5 Å². The molecule has 0 saturated carbocycles. The van der Waals surface area contributed by atoms with Gasteiger partial charge in [-0.05, 0) is 55.4 Å². The fraction of sp³-hybridized carbons (Fsp3) is 0.647. The maximum atomic E-state index is 5.89. The Morgan fingerprint density at radius 3 is 2.60 bits per heavy atom. The van der Waals surface area contributed by atoms with E-state index in [0.29, 0.717) is 0 Å². The van der Waals surface area contributed by atoms with Crippen molar-refractivity contribution in [2.24, 2.45) is 11.8 Å². The van der Waals surface area contributed by atoms with Crippen LogP contribution in [0.15, 0.2) is 22.7 Å². The molecule has 1 aliphatic rings. The molecule has 1 fully saturated rings. The lowest BCUT2D eigenvalue weighted by Crippen LogP contribution is -2.39. The summed E-state index contributed by atoms with van der Waals surface area (Å²) in [6, 6.07) is 6.18. The third-order valence-electron chi connectivity index (χ3n) is 3.96. The second-order valence-corrected chi connectivity index (χ2v) is 7.23. The van der Waals surface area contributed by atoms with Crippen LogP contribution in [0.2, 0.25) is 0 Å². The molecule has 1 aromatic rings. The number of rotatable bonds is 5. The van der Waals surface area contributed by atoms with Crippen molar-refractivity contribution in [3.05, 3.63) is 28.2 Å². The van der Waals surface area contributed by atoms with Crippen molar-refractivity contribution in [2.75, 3.05) is 26.2 Å². The highest BCUT2D eigenvalue weighted by Crippen LogP contribution is 2.23. The molecule has 0 aliphatic carbocycles. The van der Waals surface area contributed by atoms with Crippen molar-refractivity contribution in [3.8, 4) is 5.75 Å². The number of likely N-dealkylation sites (tertiary alicyclic amines) is 1. The van der Waals surface area contributed by atoms with Crippen molar-refractivity contribution in [3.63, 3.8) is 0 Å². The molecule has 3 heteroatoms. The maximum absolute atomic E-state index is 5.89. The summed E-state index contributed by atoms with van der Waals surface area (Å²) in [7, 11) is 0. The monoisotopic (exact) mass is 339 g/mol. The standard InChI is InChI=1S/C17H26BrNO/c1-13-9-14(2)12-19(11-13)7-4-8-20-17-6-5-16(18)10-15(17)3/h5-6,10,13-14H,4,7-9,11-12H2,1-3H3/t13-,14+. The molecule has 0 spiro atoms. The summed E-state index contributed by atoms with van der Waals surface area (Å²) < 4.78 is 7.00. The predicted octanol–water partition coefficient (Wildman–Crippen LogP) is 4.50. The second kappa shape index (κ2) is 7.46. The van der Waals surface area contributed by atoms with Crippen LogP contribution in [-0.2, 0) is 0 Å². The molecule has 112 valence electrons. The molecule has 1 aromatic carbocycles. The van der Waals surface area contributed by atoms with E-state index in [2.05, 4.69) is 47.7 Å². The average molecular weight is 340 g/mol. The van der Waals surface area contributed by atoms with E-state index in [1.165, 1.54) is 25.1 Å². The molecule has 2 rings (SSSR count). The third kappa shape index (κ3) is 4.78. The van der Waals surface area contributed by atoms with Gasteiger partial charge in [-0.25, -0.2) is 0 Å².